The number of sulfonamides is 1. The molecule has 13 heteroatoms. The van der Waals surface area contributed by atoms with E-state index >= 15 is 0 Å². The minimum absolute atomic E-state index is 0.0484. The highest BCUT2D eigenvalue weighted by molar-refractivity contribution is 7.88. The molecule has 2 fully saturated rings. The van der Waals surface area contributed by atoms with Gasteiger partial charge in [0.1, 0.15) is 18.0 Å². The Balaban J connectivity index is 1.54. The molecular weight excluding hydrogens is 639 g/mol. The standard InChI is InChI=1S/C35H53FN4O7S/c1-24-7-9-31(41)23-33(42)47-34(25(2)8-10-32(24)46-35(43)39-17-15-37(4)16-18-39)26(3)19-27-20-28(36)22-30(21-27)38(5)29-11-13-40(14-12-29)48(6,44)45/h8,10,19-22,24-25,29,31-32,34,41H,7,9,11-18,23H2,1-6H3/b10-8+,26-19+/t24-,25-,31+,32+,34-/m0/s1. The molecule has 0 spiro atoms. The molecule has 0 bridgehead atoms. The van der Waals surface area contributed by atoms with E-state index in [9.17, 15) is 27.5 Å². The van der Waals surface area contributed by atoms with Gasteiger partial charge in [0.15, 0.2) is 0 Å². The zero-order valence-electron chi connectivity index (χ0n) is 29.2. The predicted octanol–water partition coefficient (Wildman–Crippen LogP) is 4.13. The smallest absolute Gasteiger partial charge is 0.410 e. The van der Waals surface area contributed by atoms with Crippen molar-refractivity contribution >= 4 is 33.8 Å². The number of piperazine rings is 1. The van der Waals surface area contributed by atoms with Crippen molar-refractivity contribution in [1.82, 2.24) is 14.1 Å². The molecule has 48 heavy (non-hydrogen) atoms. The number of ether oxygens (including phenoxy) is 2. The van der Waals surface area contributed by atoms with Crippen LogP contribution in [0.4, 0.5) is 14.9 Å². The summed E-state index contributed by atoms with van der Waals surface area (Å²) in [4.78, 5) is 31.9. The largest absolute Gasteiger partial charge is 0.457 e. The summed E-state index contributed by atoms with van der Waals surface area (Å²) in [5, 5.41) is 10.6. The summed E-state index contributed by atoms with van der Waals surface area (Å²) >= 11 is 0. The molecule has 4 rings (SSSR count). The number of amides is 1. The van der Waals surface area contributed by atoms with E-state index < -0.39 is 40.1 Å². The van der Waals surface area contributed by atoms with Gasteiger partial charge in [-0.25, -0.2) is 21.9 Å². The van der Waals surface area contributed by atoms with Crippen LogP contribution in [0.15, 0.2) is 35.9 Å². The second-order valence-corrected chi connectivity index (χ2v) is 15.8. The highest BCUT2D eigenvalue weighted by Crippen LogP contribution is 2.29. The Labute approximate surface area is 285 Å². The maximum absolute atomic E-state index is 15.0. The predicted molar refractivity (Wildman–Crippen MR) is 184 cm³/mol. The van der Waals surface area contributed by atoms with Gasteiger partial charge in [-0.3, -0.25) is 4.79 Å². The van der Waals surface area contributed by atoms with Crippen LogP contribution in [-0.2, 0) is 24.3 Å². The van der Waals surface area contributed by atoms with Crippen LogP contribution in [0.2, 0.25) is 0 Å². The number of likely N-dealkylation sites (N-methyl/N-ethyl adjacent to an activating group) is 1. The lowest BCUT2D eigenvalue weighted by Gasteiger charge is -2.37. The Morgan fingerprint density at radius 2 is 1.71 bits per heavy atom. The number of cyclic esters (lactones) is 1. The summed E-state index contributed by atoms with van der Waals surface area (Å²) in [6.07, 6.45) is 6.27. The van der Waals surface area contributed by atoms with Crippen LogP contribution < -0.4 is 4.90 Å². The maximum atomic E-state index is 15.0. The minimum atomic E-state index is -3.25. The fraction of sp³-hybridized carbons (Fsp3) is 0.657. The van der Waals surface area contributed by atoms with Gasteiger partial charge in [0.25, 0.3) is 0 Å². The van der Waals surface area contributed by atoms with Gasteiger partial charge in [0.2, 0.25) is 10.0 Å². The molecule has 11 nitrogen and oxygen atoms in total. The number of piperidine rings is 1. The number of carbonyl (C=O) groups excluding carboxylic acids is 2. The van der Waals surface area contributed by atoms with Crippen molar-refractivity contribution < 1.29 is 37.0 Å². The molecule has 5 atom stereocenters. The Kier molecular flexibility index (Phi) is 13.1. The van der Waals surface area contributed by atoms with E-state index in [0.717, 1.165) is 13.1 Å². The van der Waals surface area contributed by atoms with Gasteiger partial charge >= 0.3 is 12.1 Å². The Morgan fingerprint density at radius 3 is 2.35 bits per heavy atom. The molecule has 0 unspecified atom stereocenters. The third-order valence-electron chi connectivity index (χ3n) is 9.85. The van der Waals surface area contributed by atoms with Crippen LogP contribution in [0.5, 0.6) is 0 Å². The SMILES string of the molecule is C/C(=C\c1cc(F)cc(N(C)C2CCN(S(C)(=O)=O)CC2)c1)[C@H]1OC(=O)C[C@H](O)CC[C@H](C)[C@H](OC(=O)N2CCN(C)CC2)/C=C/[C@@H]1C. The second kappa shape index (κ2) is 16.6. The van der Waals surface area contributed by atoms with Gasteiger partial charge in [-0.1, -0.05) is 26.0 Å². The van der Waals surface area contributed by atoms with Crippen LogP contribution in [0.3, 0.4) is 0 Å². The fourth-order valence-corrected chi connectivity index (χ4v) is 7.50. The van der Waals surface area contributed by atoms with Crippen molar-refractivity contribution in [1.29, 1.82) is 0 Å². The quantitative estimate of drug-likeness (QED) is 0.347. The number of benzene rings is 1. The van der Waals surface area contributed by atoms with E-state index in [1.54, 1.807) is 11.0 Å². The van der Waals surface area contributed by atoms with E-state index in [-0.39, 0.29) is 30.4 Å². The first-order valence-corrected chi connectivity index (χ1v) is 18.8. The van der Waals surface area contributed by atoms with Crippen molar-refractivity contribution in [3.63, 3.8) is 0 Å². The number of halogens is 1. The van der Waals surface area contributed by atoms with Gasteiger partial charge in [-0.15, -0.1) is 0 Å². The zero-order valence-corrected chi connectivity index (χ0v) is 30.0. The van der Waals surface area contributed by atoms with E-state index in [0.29, 0.717) is 68.7 Å². The summed E-state index contributed by atoms with van der Waals surface area (Å²) in [7, 11) is 0.654. The summed E-state index contributed by atoms with van der Waals surface area (Å²) < 4.78 is 52.3. The zero-order chi connectivity index (χ0) is 35.2. The molecule has 3 aliphatic rings. The van der Waals surface area contributed by atoms with Crippen LogP contribution in [0.1, 0.15) is 58.4 Å². The van der Waals surface area contributed by atoms with Gasteiger partial charge in [0.05, 0.1) is 18.8 Å². The van der Waals surface area contributed by atoms with Crippen LogP contribution >= 0.6 is 0 Å². The molecule has 0 aromatic heterocycles. The summed E-state index contributed by atoms with van der Waals surface area (Å²) in [6.45, 7) is 9.28. The first kappa shape index (κ1) is 37.8. The molecule has 3 heterocycles. The molecule has 1 amide bonds. The van der Waals surface area contributed by atoms with Gasteiger partial charge in [0, 0.05) is 64.0 Å². The number of rotatable bonds is 6. The topological polar surface area (TPSA) is 120 Å². The molecule has 0 aliphatic carbocycles. The lowest BCUT2D eigenvalue weighted by molar-refractivity contribution is -0.151. The molecule has 1 N–H and O–H groups in total. The highest BCUT2D eigenvalue weighted by atomic mass is 32.2. The molecule has 0 saturated carbocycles. The Hall–Kier alpha value is -3.00. The number of carbonyl (C=O) groups is 2. The first-order valence-electron chi connectivity index (χ1n) is 17.0. The summed E-state index contributed by atoms with van der Waals surface area (Å²) in [5.74, 6) is -1.36. The maximum Gasteiger partial charge on any atom is 0.410 e. The van der Waals surface area contributed by atoms with Crippen molar-refractivity contribution in [2.24, 2.45) is 11.8 Å². The number of hydrogen-bond acceptors (Lipinski definition) is 9. The Morgan fingerprint density at radius 1 is 1.04 bits per heavy atom. The number of aliphatic hydroxyl groups excluding tert-OH is 1. The van der Waals surface area contributed by atoms with Crippen LogP contribution in [-0.4, -0.2) is 124 Å². The monoisotopic (exact) mass is 692 g/mol. The van der Waals surface area contributed by atoms with E-state index in [1.807, 2.05) is 58.0 Å². The average molecular weight is 693 g/mol. The summed E-state index contributed by atoms with van der Waals surface area (Å²) in [6, 6.07) is 4.80. The number of aliphatic hydroxyl groups is 1. The minimum Gasteiger partial charge on any atom is -0.457 e. The summed E-state index contributed by atoms with van der Waals surface area (Å²) in [5.41, 5.74) is 1.94. The van der Waals surface area contributed by atoms with Crippen molar-refractivity contribution in [3.8, 4) is 0 Å². The van der Waals surface area contributed by atoms with Gasteiger partial charge < -0.3 is 29.3 Å². The number of nitrogens with zero attached hydrogens (tertiary/aromatic N) is 4. The molecule has 1 aromatic carbocycles. The number of hydrogen-bond donors (Lipinski definition) is 1. The van der Waals surface area contributed by atoms with Gasteiger partial charge in [-0.05, 0) is 81.0 Å². The molecule has 268 valence electrons. The van der Waals surface area contributed by atoms with Crippen LogP contribution in [0.25, 0.3) is 6.08 Å². The third kappa shape index (κ3) is 10.5. The third-order valence-corrected chi connectivity index (χ3v) is 11.2. The Bertz CT molecular complexity index is 1440. The van der Waals surface area contributed by atoms with E-state index in [1.165, 1.54) is 22.7 Å². The van der Waals surface area contributed by atoms with Crippen molar-refractivity contribution in [3.05, 3.63) is 47.3 Å². The normalized spacial score (nSPS) is 28.6. The molecule has 3 aliphatic heterocycles. The van der Waals surface area contributed by atoms with Crippen molar-refractivity contribution in [2.45, 2.75) is 77.2 Å². The molecule has 1 aromatic rings. The molecule has 2 saturated heterocycles. The lowest BCUT2D eigenvalue weighted by Crippen LogP contribution is -2.48. The number of esters is 1. The molecular formula is C35H53FN4O7S. The van der Waals surface area contributed by atoms with E-state index in [2.05, 4.69) is 4.90 Å². The lowest BCUT2D eigenvalue weighted by atomic mass is 9.91. The molecule has 0 radical (unpaired) electrons. The van der Waals surface area contributed by atoms with Crippen LogP contribution in [0, 0.1) is 17.7 Å². The highest BCUT2D eigenvalue weighted by Gasteiger charge is 2.30. The van der Waals surface area contributed by atoms with Gasteiger partial charge in [-0.2, -0.15) is 0 Å². The first-order chi connectivity index (χ1) is 22.6. The average Bonchev–Trinajstić information content (AvgIpc) is 3.03. The number of anilines is 1. The fourth-order valence-electron chi connectivity index (χ4n) is 6.63. The van der Waals surface area contributed by atoms with Crippen molar-refractivity contribution in [2.75, 3.05) is 64.5 Å². The second-order valence-electron chi connectivity index (χ2n) is 13.8. The van der Waals surface area contributed by atoms with E-state index in [4.69, 9.17) is 9.47 Å².